The van der Waals surface area contributed by atoms with Crippen molar-refractivity contribution >= 4 is 19.9 Å². The number of aromatic nitrogens is 3. The summed E-state index contributed by atoms with van der Waals surface area (Å²) < 4.78 is 46.0. The Balaban J connectivity index is 2.59. The Hall–Kier alpha value is -1.00. The highest BCUT2D eigenvalue weighted by atomic mass is 32.3. The zero-order valence-electron chi connectivity index (χ0n) is 7.84. The van der Waals surface area contributed by atoms with Gasteiger partial charge in [0.2, 0.25) is 10.0 Å². The van der Waals surface area contributed by atoms with Crippen LogP contribution in [0.4, 0.5) is 0 Å². The van der Waals surface area contributed by atoms with Crippen LogP contribution in [0.2, 0.25) is 0 Å². The number of rotatable bonds is 5. The lowest BCUT2D eigenvalue weighted by Crippen LogP contribution is -2.29. The van der Waals surface area contributed by atoms with Gasteiger partial charge in [0.05, 0.1) is 6.54 Å². The summed E-state index contributed by atoms with van der Waals surface area (Å²) in [6.45, 7) is -0.113. The Labute approximate surface area is 87.1 Å². The quantitative estimate of drug-likeness (QED) is 0.641. The second-order valence-electron chi connectivity index (χ2n) is 2.91. The Morgan fingerprint density at radius 3 is 2.53 bits per heavy atom. The monoisotopic (exact) mass is 254 g/mol. The summed E-state index contributed by atoms with van der Waals surface area (Å²) in [6.07, 6.45) is 2.07. The second kappa shape index (κ2) is 4.24. The summed E-state index contributed by atoms with van der Waals surface area (Å²) in [5.41, 5.74) is 0. The molecule has 0 radical (unpaired) electrons. The molecule has 0 spiro atoms. The maximum absolute atomic E-state index is 11.2. The summed E-state index contributed by atoms with van der Waals surface area (Å²) in [5.74, 6) is 0.312. The second-order valence-corrected chi connectivity index (χ2v) is 7.22. The summed E-state index contributed by atoms with van der Waals surface area (Å²) in [6, 6.07) is 0. The molecule has 0 unspecified atom stereocenters. The molecule has 15 heavy (non-hydrogen) atoms. The Bertz CT molecular complexity index is 503. The minimum Gasteiger partial charge on any atom is -0.262 e. The van der Waals surface area contributed by atoms with E-state index in [1.807, 2.05) is 0 Å². The molecule has 1 aromatic rings. The normalized spacial score (nSPS) is 12.9. The molecular formula is C5H10N4O4S2. The molecule has 0 saturated heterocycles. The number of hydrogen-bond acceptors (Lipinski definition) is 6. The van der Waals surface area contributed by atoms with Crippen LogP contribution in [0.25, 0.3) is 0 Å². The molecule has 0 aliphatic carbocycles. The molecule has 0 atom stereocenters. The van der Waals surface area contributed by atoms with Gasteiger partial charge in [-0.25, -0.2) is 26.5 Å². The average Bonchev–Trinajstić information content (AvgIpc) is 2.47. The van der Waals surface area contributed by atoms with Crippen LogP contribution in [0.3, 0.4) is 0 Å². The highest BCUT2D eigenvalue weighted by molar-refractivity contribution is 8.06. The minimum absolute atomic E-state index is 0.113. The number of sulfone groups is 1. The zero-order chi connectivity index (χ0) is 11.5. The van der Waals surface area contributed by atoms with Gasteiger partial charge in [-0.3, -0.25) is 5.10 Å². The molecule has 0 amide bonds. The number of nitrogens with one attached hydrogen (secondary N) is 2. The van der Waals surface area contributed by atoms with E-state index in [9.17, 15) is 16.8 Å². The van der Waals surface area contributed by atoms with Crippen LogP contribution in [0.5, 0.6) is 0 Å². The van der Waals surface area contributed by atoms with E-state index in [2.05, 4.69) is 19.9 Å². The first-order valence-corrected chi connectivity index (χ1v) is 7.49. The van der Waals surface area contributed by atoms with Gasteiger partial charge in [-0.2, -0.15) is 5.10 Å². The van der Waals surface area contributed by atoms with Crippen molar-refractivity contribution in [3.8, 4) is 0 Å². The van der Waals surface area contributed by atoms with E-state index in [4.69, 9.17) is 0 Å². The van der Waals surface area contributed by atoms with Crippen molar-refractivity contribution in [2.45, 2.75) is 6.54 Å². The van der Waals surface area contributed by atoms with Gasteiger partial charge >= 0.3 is 0 Å². The molecule has 1 aromatic heterocycles. The first-order chi connectivity index (χ1) is 6.79. The average molecular weight is 254 g/mol. The predicted molar refractivity (Wildman–Crippen MR) is 51.9 cm³/mol. The van der Waals surface area contributed by atoms with Gasteiger partial charge in [0.1, 0.15) is 12.2 Å². The van der Waals surface area contributed by atoms with Crippen LogP contribution in [0.1, 0.15) is 5.82 Å². The predicted octanol–water partition coefficient (Wildman–Crippen LogP) is -1.77. The molecule has 1 rings (SSSR count). The smallest absolute Gasteiger partial charge is 0.226 e. The van der Waals surface area contributed by atoms with E-state index in [1.165, 1.54) is 6.33 Å². The molecule has 10 heteroatoms. The van der Waals surface area contributed by atoms with Crippen molar-refractivity contribution in [3.05, 3.63) is 12.2 Å². The van der Waals surface area contributed by atoms with Crippen molar-refractivity contribution in [3.63, 3.8) is 0 Å². The SMILES string of the molecule is CS(=O)(=O)CS(=O)(=O)NCc1ncn[nH]1. The fraction of sp³-hybridized carbons (Fsp3) is 0.600. The Kier molecular flexibility index (Phi) is 3.42. The first-order valence-electron chi connectivity index (χ1n) is 3.78. The Morgan fingerprint density at radius 2 is 2.07 bits per heavy atom. The number of nitrogens with zero attached hydrogens (tertiary/aromatic N) is 2. The summed E-state index contributed by atoms with van der Waals surface area (Å²) in [7, 11) is -7.41. The third-order valence-electron chi connectivity index (χ3n) is 1.29. The zero-order valence-corrected chi connectivity index (χ0v) is 9.47. The van der Waals surface area contributed by atoms with Crippen LogP contribution in [0, 0.1) is 0 Å². The maximum atomic E-state index is 11.2. The first kappa shape index (κ1) is 12.1. The standard InChI is InChI=1S/C5H10N4O4S2/c1-14(10,11)4-15(12,13)8-2-5-6-3-7-9-5/h3,8H,2,4H2,1H3,(H,6,7,9). The Morgan fingerprint density at radius 1 is 1.40 bits per heavy atom. The maximum Gasteiger partial charge on any atom is 0.226 e. The molecule has 0 fully saturated rings. The third-order valence-corrected chi connectivity index (χ3v) is 4.83. The van der Waals surface area contributed by atoms with E-state index in [-0.39, 0.29) is 6.54 Å². The molecule has 1 heterocycles. The van der Waals surface area contributed by atoms with Gasteiger partial charge in [0.25, 0.3) is 0 Å². The van der Waals surface area contributed by atoms with E-state index in [0.29, 0.717) is 5.82 Å². The van der Waals surface area contributed by atoms with E-state index in [0.717, 1.165) is 6.26 Å². The van der Waals surface area contributed by atoms with Gasteiger partial charge in [-0.15, -0.1) is 0 Å². The van der Waals surface area contributed by atoms with Crippen molar-refractivity contribution in [1.29, 1.82) is 0 Å². The van der Waals surface area contributed by atoms with Gasteiger partial charge in [-0.1, -0.05) is 0 Å². The van der Waals surface area contributed by atoms with Crippen molar-refractivity contribution in [2.24, 2.45) is 0 Å². The number of hydrogen-bond donors (Lipinski definition) is 2. The third kappa shape index (κ3) is 4.85. The highest BCUT2D eigenvalue weighted by Crippen LogP contribution is 1.94. The van der Waals surface area contributed by atoms with Crippen LogP contribution in [0.15, 0.2) is 6.33 Å². The van der Waals surface area contributed by atoms with E-state index in [1.54, 1.807) is 0 Å². The molecule has 8 nitrogen and oxygen atoms in total. The molecular weight excluding hydrogens is 244 g/mol. The minimum atomic E-state index is -3.84. The molecule has 0 aliphatic heterocycles. The van der Waals surface area contributed by atoms with Crippen molar-refractivity contribution < 1.29 is 16.8 Å². The van der Waals surface area contributed by atoms with E-state index < -0.39 is 24.9 Å². The van der Waals surface area contributed by atoms with Crippen LogP contribution >= 0.6 is 0 Å². The fourth-order valence-electron chi connectivity index (χ4n) is 0.818. The van der Waals surface area contributed by atoms with Gasteiger partial charge < -0.3 is 0 Å². The lowest BCUT2D eigenvalue weighted by molar-refractivity contribution is 0.579. The largest absolute Gasteiger partial charge is 0.262 e. The molecule has 2 N–H and O–H groups in total. The van der Waals surface area contributed by atoms with Crippen LogP contribution in [-0.2, 0) is 26.4 Å². The van der Waals surface area contributed by atoms with Gasteiger partial charge in [0, 0.05) is 6.26 Å². The number of H-pyrrole nitrogens is 1. The highest BCUT2D eigenvalue weighted by Gasteiger charge is 2.17. The van der Waals surface area contributed by atoms with Crippen LogP contribution in [-0.4, -0.2) is 43.4 Å². The molecule has 0 aromatic carbocycles. The van der Waals surface area contributed by atoms with Crippen molar-refractivity contribution in [2.75, 3.05) is 11.3 Å². The summed E-state index contributed by atoms with van der Waals surface area (Å²) >= 11 is 0. The fourth-order valence-corrected chi connectivity index (χ4v) is 3.76. The molecule has 86 valence electrons. The lowest BCUT2D eigenvalue weighted by atomic mass is 10.6. The van der Waals surface area contributed by atoms with Crippen molar-refractivity contribution in [1.82, 2.24) is 19.9 Å². The van der Waals surface area contributed by atoms with Gasteiger partial charge in [0.15, 0.2) is 14.9 Å². The number of sulfonamides is 1. The van der Waals surface area contributed by atoms with E-state index >= 15 is 0 Å². The summed E-state index contributed by atoms with van der Waals surface area (Å²) in [5, 5.41) is 5.01. The molecule has 0 aliphatic rings. The molecule has 0 bridgehead atoms. The summed E-state index contributed by atoms with van der Waals surface area (Å²) in [4.78, 5) is 3.67. The molecule has 0 saturated carbocycles. The topological polar surface area (TPSA) is 122 Å². The number of aromatic amines is 1. The lowest BCUT2D eigenvalue weighted by Gasteiger charge is -2.02. The van der Waals surface area contributed by atoms with Crippen LogP contribution < -0.4 is 4.72 Å². The van der Waals surface area contributed by atoms with Gasteiger partial charge in [-0.05, 0) is 0 Å².